The van der Waals surface area contributed by atoms with E-state index in [0.29, 0.717) is 4.99 Å². The van der Waals surface area contributed by atoms with E-state index in [1.54, 1.807) is 0 Å². The van der Waals surface area contributed by atoms with E-state index in [2.05, 4.69) is 28.8 Å². The van der Waals surface area contributed by atoms with E-state index >= 15 is 0 Å². The zero-order valence-electron chi connectivity index (χ0n) is 4.02. The van der Waals surface area contributed by atoms with Gasteiger partial charge >= 0.3 is 0 Å². The maximum Gasteiger partial charge on any atom is 0.0160 e. The van der Waals surface area contributed by atoms with Gasteiger partial charge in [0.25, 0.3) is 0 Å². The Morgan fingerprint density at radius 1 is 1.83 bits per heavy atom. The first kappa shape index (κ1) is 6.78. The maximum absolute atomic E-state index is 4.14. The summed E-state index contributed by atoms with van der Waals surface area (Å²) in [7, 11) is 2.64. The highest BCUT2D eigenvalue weighted by atomic mass is 32.1. The molecule has 0 spiro atoms. The van der Waals surface area contributed by atoms with E-state index in [1.807, 2.05) is 0 Å². The Bertz CT molecular complexity index is 28.7. The van der Waals surface area contributed by atoms with Crippen LogP contribution in [-0.2, 0) is 0 Å². The van der Waals surface area contributed by atoms with Gasteiger partial charge in [0, 0.05) is 4.99 Å². The van der Waals surface area contributed by atoms with Crippen molar-refractivity contribution in [2.24, 2.45) is 0 Å². The number of thiol groups is 1. The van der Waals surface area contributed by atoms with Gasteiger partial charge < -0.3 is 0 Å². The fourth-order valence-corrected chi connectivity index (χ4v) is 0.887. The van der Waals surface area contributed by atoms with Crippen LogP contribution in [0.15, 0.2) is 0 Å². The standard InChI is InChI=1S/C4H11PS/c1-2-3-4(5)6/h4,6H,2-3,5H2,1H3. The lowest BCUT2D eigenvalue weighted by Gasteiger charge is -1.95. The largest absolute Gasteiger partial charge is 0.172 e. The molecule has 2 atom stereocenters. The number of hydrogen-bond donors (Lipinski definition) is 1. The van der Waals surface area contributed by atoms with Gasteiger partial charge in [0.1, 0.15) is 0 Å². The van der Waals surface area contributed by atoms with Gasteiger partial charge in [-0.3, -0.25) is 0 Å². The van der Waals surface area contributed by atoms with Gasteiger partial charge in [-0.15, -0.1) is 9.24 Å². The normalized spacial score (nSPS) is 14.5. The Labute approximate surface area is 47.3 Å². The van der Waals surface area contributed by atoms with Gasteiger partial charge in [-0.05, 0) is 6.42 Å². The molecule has 0 radical (unpaired) electrons. The molecule has 0 aromatic heterocycles. The molecule has 0 saturated heterocycles. The SMILES string of the molecule is CCCC(P)S. The summed E-state index contributed by atoms with van der Waals surface area (Å²) >= 11 is 4.14. The molecule has 38 valence electrons. The van der Waals surface area contributed by atoms with Crippen LogP contribution in [0.4, 0.5) is 0 Å². The molecule has 0 amide bonds. The highest BCUT2D eigenvalue weighted by Gasteiger charge is 1.86. The third-order valence-corrected chi connectivity index (χ3v) is 1.18. The monoisotopic (exact) mass is 122 g/mol. The van der Waals surface area contributed by atoms with E-state index in [-0.39, 0.29) is 0 Å². The van der Waals surface area contributed by atoms with E-state index in [4.69, 9.17) is 0 Å². The lowest BCUT2D eigenvalue weighted by molar-refractivity contribution is 0.873. The molecule has 0 aliphatic carbocycles. The summed E-state index contributed by atoms with van der Waals surface area (Å²) in [5.41, 5.74) is 0. The first-order chi connectivity index (χ1) is 2.77. The third-order valence-electron chi connectivity index (χ3n) is 0.584. The molecular formula is C4H11PS. The summed E-state index contributed by atoms with van der Waals surface area (Å²) in [6.45, 7) is 2.16. The Morgan fingerprint density at radius 3 is 2.33 bits per heavy atom. The van der Waals surface area contributed by atoms with Gasteiger partial charge in [-0.2, -0.15) is 12.6 Å². The molecule has 0 heterocycles. The van der Waals surface area contributed by atoms with Gasteiger partial charge in [0.05, 0.1) is 0 Å². The summed E-state index contributed by atoms with van der Waals surface area (Å²) in [4.78, 5) is 0.509. The van der Waals surface area contributed by atoms with Crippen LogP contribution >= 0.6 is 21.9 Å². The van der Waals surface area contributed by atoms with Crippen molar-refractivity contribution in [1.29, 1.82) is 0 Å². The molecule has 0 rings (SSSR count). The van der Waals surface area contributed by atoms with Crippen molar-refractivity contribution in [2.45, 2.75) is 24.8 Å². The van der Waals surface area contributed by atoms with Gasteiger partial charge in [-0.1, -0.05) is 13.3 Å². The van der Waals surface area contributed by atoms with Crippen molar-refractivity contribution in [1.82, 2.24) is 0 Å². The van der Waals surface area contributed by atoms with Crippen LogP contribution < -0.4 is 0 Å². The molecule has 2 heteroatoms. The summed E-state index contributed by atoms with van der Waals surface area (Å²) in [6.07, 6.45) is 2.44. The summed E-state index contributed by atoms with van der Waals surface area (Å²) < 4.78 is 0. The van der Waals surface area contributed by atoms with Crippen LogP contribution in [0.5, 0.6) is 0 Å². The first-order valence-corrected chi connectivity index (χ1v) is 3.39. The lowest BCUT2D eigenvalue weighted by atomic mass is 10.4. The van der Waals surface area contributed by atoms with Crippen molar-refractivity contribution < 1.29 is 0 Å². The minimum atomic E-state index is 0.509. The molecule has 0 N–H and O–H groups in total. The molecule has 0 aromatic rings. The highest BCUT2D eigenvalue weighted by Crippen LogP contribution is 2.10. The zero-order valence-corrected chi connectivity index (χ0v) is 6.07. The summed E-state index contributed by atoms with van der Waals surface area (Å²) in [5.74, 6) is 0. The minimum absolute atomic E-state index is 0.509. The highest BCUT2D eigenvalue weighted by molar-refractivity contribution is 7.85. The average molecular weight is 122 g/mol. The molecule has 0 fully saturated rings. The minimum Gasteiger partial charge on any atom is -0.172 e. The molecule has 0 aliphatic rings. The van der Waals surface area contributed by atoms with Crippen LogP contribution in [0.1, 0.15) is 19.8 Å². The van der Waals surface area contributed by atoms with Gasteiger partial charge in [-0.25, -0.2) is 0 Å². The van der Waals surface area contributed by atoms with Crippen molar-refractivity contribution in [2.75, 3.05) is 0 Å². The van der Waals surface area contributed by atoms with Crippen LogP contribution in [0.25, 0.3) is 0 Å². The van der Waals surface area contributed by atoms with E-state index in [1.165, 1.54) is 12.8 Å². The van der Waals surface area contributed by atoms with Gasteiger partial charge in [0.2, 0.25) is 0 Å². The maximum atomic E-state index is 4.14. The Kier molecular flexibility index (Phi) is 4.47. The molecule has 2 unspecified atom stereocenters. The predicted molar refractivity (Wildman–Crippen MR) is 37.4 cm³/mol. The average Bonchev–Trinajstić information content (AvgIpc) is 1.35. The molecular weight excluding hydrogens is 111 g/mol. The smallest absolute Gasteiger partial charge is 0.0160 e. The van der Waals surface area contributed by atoms with Crippen LogP contribution in [-0.4, -0.2) is 4.99 Å². The molecule has 6 heavy (non-hydrogen) atoms. The molecule has 0 bridgehead atoms. The number of hydrogen-bond acceptors (Lipinski definition) is 1. The van der Waals surface area contributed by atoms with Crippen molar-refractivity contribution >= 4 is 21.9 Å². The second-order valence-corrected chi connectivity index (χ2v) is 3.39. The van der Waals surface area contributed by atoms with Crippen LogP contribution in [0, 0.1) is 0 Å². The molecule has 0 aliphatic heterocycles. The van der Waals surface area contributed by atoms with E-state index in [9.17, 15) is 0 Å². The van der Waals surface area contributed by atoms with Crippen LogP contribution in [0.2, 0.25) is 0 Å². The quantitative estimate of drug-likeness (QED) is 0.420. The summed E-state index contributed by atoms with van der Waals surface area (Å²) in [6, 6.07) is 0. The molecule has 0 saturated carbocycles. The molecule has 0 nitrogen and oxygen atoms in total. The Hall–Kier alpha value is 0.780. The van der Waals surface area contributed by atoms with Crippen molar-refractivity contribution in [3.63, 3.8) is 0 Å². The fraction of sp³-hybridized carbons (Fsp3) is 1.00. The van der Waals surface area contributed by atoms with E-state index < -0.39 is 0 Å². The van der Waals surface area contributed by atoms with Crippen LogP contribution in [0.3, 0.4) is 0 Å². The predicted octanol–water partition coefficient (Wildman–Crippen LogP) is 1.92. The van der Waals surface area contributed by atoms with E-state index in [0.717, 1.165) is 0 Å². The van der Waals surface area contributed by atoms with Crippen molar-refractivity contribution in [3.05, 3.63) is 0 Å². The number of rotatable bonds is 2. The topological polar surface area (TPSA) is 0 Å². The zero-order chi connectivity index (χ0) is 4.99. The third kappa shape index (κ3) is 4.78. The lowest BCUT2D eigenvalue weighted by Crippen LogP contribution is -1.80. The Balaban J connectivity index is 2.63. The first-order valence-electron chi connectivity index (χ1n) is 2.21. The Morgan fingerprint density at radius 2 is 2.33 bits per heavy atom. The summed E-state index contributed by atoms with van der Waals surface area (Å²) in [5, 5.41) is 0. The van der Waals surface area contributed by atoms with Gasteiger partial charge in [0.15, 0.2) is 0 Å². The molecule has 0 aromatic carbocycles. The fourth-order valence-electron chi connectivity index (χ4n) is 0.296. The van der Waals surface area contributed by atoms with Crippen molar-refractivity contribution in [3.8, 4) is 0 Å². The second kappa shape index (κ2) is 3.95. The second-order valence-electron chi connectivity index (χ2n) is 1.36.